The van der Waals surface area contributed by atoms with Crippen molar-refractivity contribution in [2.75, 3.05) is 5.73 Å². The van der Waals surface area contributed by atoms with Gasteiger partial charge in [-0.15, -0.1) is 0 Å². The van der Waals surface area contributed by atoms with Crippen molar-refractivity contribution >= 4 is 11.4 Å². The number of aromatic nitrogens is 1. The SMILES string of the molecule is C=CN=C(/C=C/Oc1ccc(N)c(F)c1)c1cc(C)no1. The molecule has 6 heteroatoms. The lowest BCUT2D eigenvalue weighted by Crippen LogP contribution is -1.96. The third kappa shape index (κ3) is 3.79. The average molecular weight is 287 g/mol. The van der Waals surface area contributed by atoms with E-state index in [9.17, 15) is 4.39 Å². The predicted octanol–water partition coefficient (Wildman–Crippen LogP) is 3.23. The van der Waals surface area contributed by atoms with Gasteiger partial charge >= 0.3 is 0 Å². The maximum Gasteiger partial charge on any atom is 0.185 e. The molecule has 0 amide bonds. The topological polar surface area (TPSA) is 73.6 Å². The summed E-state index contributed by atoms with van der Waals surface area (Å²) in [6, 6.07) is 5.92. The molecule has 1 aromatic carbocycles. The largest absolute Gasteiger partial charge is 0.465 e. The first-order chi connectivity index (χ1) is 10.1. The van der Waals surface area contributed by atoms with Gasteiger partial charge in [0.15, 0.2) is 5.76 Å². The van der Waals surface area contributed by atoms with Gasteiger partial charge < -0.3 is 15.0 Å². The molecule has 0 radical (unpaired) electrons. The van der Waals surface area contributed by atoms with Crippen molar-refractivity contribution in [1.29, 1.82) is 0 Å². The molecule has 0 aliphatic rings. The van der Waals surface area contributed by atoms with Gasteiger partial charge in [-0.25, -0.2) is 4.39 Å². The fourth-order valence-corrected chi connectivity index (χ4v) is 1.53. The maximum atomic E-state index is 13.3. The molecule has 0 fully saturated rings. The van der Waals surface area contributed by atoms with E-state index in [4.69, 9.17) is 15.0 Å². The summed E-state index contributed by atoms with van der Waals surface area (Å²) in [5.41, 5.74) is 6.67. The highest BCUT2D eigenvalue weighted by atomic mass is 19.1. The van der Waals surface area contributed by atoms with Crippen molar-refractivity contribution in [2.45, 2.75) is 6.92 Å². The molecule has 0 aliphatic carbocycles. The lowest BCUT2D eigenvalue weighted by molar-refractivity contribution is 0.409. The molecule has 5 nitrogen and oxygen atoms in total. The fourth-order valence-electron chi connectivity index (χ4n) is 1.53. The molecule has 1 heterocycles. The Morgan fingerprint density at radius 3 is 2.90 bits per heavy atom. The highest BCUT2D eigenvalue weighted by Gasteiger charge is 2.06. The Bertz CT molecular complexity index is 705. The molecular formula is C15H14FN3O2. The second kappa shape index (κ2) is 6.51. The fraction of sp³-hybridized carbons (Fsp3) is 0.0667. The Labute approximate surface area is 121 Å². The molecule has 0 spiro atoms. The zero-order chi connectivity index (χ0) is 15.2. The van der Waals surface area contributed by atoms with Crippen molar-refractivity contribution < 1.29 is 13.7 Å². The van der Waals surface area contributed by atoms with Crippen LogP contribution in [0.2, 0.25) is 0 Å². The standard InChI is InChI=1S/C15H14FN3O2/c1-3-18-14(15-8-10(2)19-21-15)6-7-20-11-4-5-13(17)12(16)9-11/h3-9H,1,17H2,2H3/b7-6+,18-14?. The van der Waals surface area contributed by atoms with E-state index in [2.05, 4.69) is 16.7 Å². The number of allylic oxidation sites excluding steroid dienone is 1. The first kappa shape index (κ1) is 14.5. The molecular weight excluding hydrogens is 273 g/mol. The van der Waals surface area contributed by atoms with Crippen LogP contribution in [0, 0.1) is 12.7 Å². The second-order valence-electron chi connectivity index (χ2n) is 4.13. The van der Waals surface area contributed by atoms with Gasteiger partial charge in [0.25, 0.3) is 0 Å². The predicted molar refractivity (Wildman–Crippen MR) is 78.6 cm³/mol. The van der Waals surface area contributed by atoms with E-state index in [0.717, 1.165) is 5.69 Å². The van der Waals surface area contributed by atoms with Gasteiger partial charge in [-0.3, -0.25) is 4.99 Å². The zero-order valence-corrected chi connectivity index (χ0v) is 11.4. The molecule has 0 atom stereocenters. The summed E-state index contributed by atoms with van der Waals surface area (Å²) < 4.78 is 23.7. The number of anilines is 1. The monoisotopic (exact) mass is 287 g/mol. The summed E-state index contributed by atoms with van der Waals surface area (Å²) in [5.74, 6) is 0.270. The van der Waals surface area contributed by atoms with Crippen LogP contribution in [0.25, 0.3) is 0 Å². The minimum Gasteiger partial charge on any atom is -0.465 e. The van der Waals surface area contributed by atoms with Crippen molar-refractivity contribution in [3.8, 4) is 5.75 Å². The second-order valence-corrected chi connectivity index (χ2v) is 4.13. The number of ether oxygens (including phenoxy) is 1. The number of nitrogens with zero attached hydrogens (tertiary/aromatic N) is 2. The zero-order valence-electron chi connectivity index (χ0n) is 11.4. The van der Waals surface area contributed by atoms with Crippen LogP contribution in [0.3, 0.4) is 0 Å². The summed E-state index contributed by atoms with van der Waals surface area (Å²) >= 11 is 0. The molecule has 2 N–H and O–H groups in total. The van der Waals surface area contributed by atoms with Crippen LogP contribution in [0.15, 0.2) is 58.9 Å². The molecule has 2 rings (SSSR count). The Morgan fingerprint density at radius 2 is 2.29 bits per heavy atom. The van der Waals surface area contributed by atoms with Crippen molar-refractivity contribution in [2.24, 2.45) is 4.99 Å². The number of hydrogen-bond acceptors (Lipinski definition) is 5. The van der Waals surface area contributed by atoms with E-state index in [1.165, 1.54) is 24.6 Å². The molecule has 2 aromatic rings. The Morgan fingerprint density at radius 1 is 1.48 bits per heavy atom. The quantitative estimate of drug-likeness (QED) is 0.520. The highest BCUT2D eigenvalue weighted by molar-refractivity contribution is 6.06. The van der Waals surface area contributed by atoms with Crippen molar-refractivity contribution in [3.63, 3.8) is 0 Å². The van der Waals surface area contributed by atoms with Gasteiger partial charge in [0.05, 0.1) is 17.6 Å². The van der Waals surface area contributed by atoms with Crippen LogP contribution in [0.4, 0.5) is 10.1 Å². The van der Waals surface area contributed by atoms with E-state index >= 15 is 0 Å². The summed E-state index contributed by atoms with van der Waals surface area (Å²) in [5, 5.41) is 3.78. The van der Waals surface area contributed by atoms with Crippen molar-refractivity contribution in [3.05, 3.63) is 66.7 Å². The van der Waals surface area contributed by atoms with Crippen LogP contribution in [-0.4, -0.2) is 10.9 Å². The molecule has 21 heavy (non-hydrogen) atoms. The molecule has 108 valence electrons. The third-order valence-electron chi connectivity index (χ3n) is 2.51. The van der Waals surface area contributed by atoms with E-state index in [1.54, 1.807) is 25.1 Å². The number of benzene rings is 1. The smallest absolute Gasteiger partial charge is 0.185 e. The van der Waals surface area contributed by atoms with Crippen LogP contribution < -0.4 is 10.5 Å². The highest BCUT2D eigenvalue weighted by Crippen LogP contribution is 2.18. The average Bonchev–Trinajstić information content (AvgIpc) is 2.88. The number of aryl methyl sites for hydroxylation is 1. The first-order valence-corrected chi connectivity index (χ1v) is 6.11. The molecule has 0 aliphatic heterocycles. The lowest BCUT2D eigenvalue weighted by atomic mass is 10.2. The maximum absolute atomic E-state index is 13.3. The van der Waals surface area contributed by atoms with Gasteiger partial charge in [0, 0.05) is 24.4 Å². The third-order valence-corrected chi connectivity index (χ3v) is 2.51. The van der Waals surface area contributed by atoms with Crippen LogP contribution >= 0.6 is 0 Å². The van der Waals surface area contributed by atoms with Crippen LogP contribution in [0.1, 0.15) is 11.5 Å². The lowest BCUT2D eigenvalue weighted by Gasteiger charge is -2.01. The molecule has 0 unspecified atom stereocenters. The number of rotatable bonds is 5. The number of hydrogen-bond donors (Lipinski definition) is 1. The summed E-state index contributed by atoms with van der Waals surface area (Å²) in [4.78, 5) is 4.06. The summed E-state index contributed by atoms with van der Waals surface area (Å²) in [6.45, 7) is 5.33. The van der Waals surface area contributed by atoms with E-state index in [0.29, 0.717) is 17.2 Å². The number of nitrogen functional groups attached to an aromatic ring is 1. The number of halogens is 1. The molecule has 0 saturated heterocycles. The molecule has 0 bridgehead atoms. The minimum absolute atomic E-state index is 0.0670. The Hall–Kier alpha value is -2.89. The van der Waals surface area contributed by atoms with Crippen molar-refractivity contribution in [1.82, 2.24) is 5.16 Å². The Balaban J connectivity index is 2.12. The number of nitrogens with two attached hydrogens (primary N) is 1. The van der Waals surface area contributed by atoms with E-state index in [-0.39, 0.29) is 5.69 Å². The van der Waals surface area contributed by atoms with Crippen LogP contribution in [-0.2, 0) is 0 Å². The van der Waals surface area contributed by atoms with Gasteiger partial charge in [-0.2, -0.15) is 0 Å². The minimum atomic E-state index is -0.535. The number of aliphatic imine (C=N–C) groups is 1. The van der Waals surface area contributed by atoms with E-state index in [1.807, 2.05) is 0 Å². The summed E-state index contributed by atoms with van der Waals surface area (Å²) in [6.07, 6.45) is 4.31. The molecule has 1 aromatic heterocycles. The van der Waals surface area contributed by atoms with Gasteiger partial charge in [-0.1, -0.05) is 11.7 Å². The first-order valence-electron chi connectivity index (χ1n) is 6.11. The van der Waals surface area contributed by atoms with Gasteiger partial charge in [0.2, 0.25) is 0 Å². The van der Waals surface area contributed by atoms with E-state index < -0.39 is 5.82 Å². The normalized spacial score (nSPS) is 11.8. The summed E-state index contributed by atoms with van der Waals surface area (Å²) in [7, 11) is 0. The Kier molecular flexibility index (Phi) is 4.50. The van der Waals surface area contributed by atoms with Gasteiger partial charge in [0.1, 0.15) is 17.3 Å². The molecule has 0 saturated carbocycles. The van der Waals surface area contributed by atoms with Crippen LogP contribution in [0.5, 0.6) is 5.75 Å². The van der Waals surface area contributed by atoms with Gasteiger partial charge in [-0.05, 0) is 19.1 Å².